The van der Waals surface area contributed by atoms with Gasteiger partial charge >= 0.3 is 19.4 Å². The summed E-state index contributed by atoms with van der Waals surface area (Å²) in [5.74, 6) is -0.350. The van der Waals surface area contributed by atoms with Gasteiger partial charge in [0.1, 0.15) is 18.0 Å². The molecule has 35 heavy (non-hydrogen) atoms. The lowest BCUT2D eigenvalue weighted by Crippen LogP contribution is -2.36. The first-order valence-corrected chi connectivity index (χ1v) is 13.2. The highest BCUT2D eigenvalue weighted by Crippen LogP contribution is 2.46. The first-order chi connectivity index (χ1) is 16.7. The van der Waals surface area contributed by atoms with Gasteiger partial charge in [-0.3, -0.25) is 23.7 Å². The number of esters is 1. The number of aromatic nitrogens is 2. The molecule has 0 saturated carbocycles. The van der Waals surface area contributed by atoms with Crippen LogP contribution in [0.5, 0.6) is 5.75 Å². The number of nitrogens with one attached hydrogen (secondary N) is 2. The second-order valence-electron chi connectivity index (χ2n) is 8.45. The number of carbonyl (C=O) groups excluding carboxylic acids is 1. The van der Waals surface area contributed by atoms with E-state index in [1.165, 1.54) is 23.8 Å². The van der Waals surface area contributed by atoms with Crippen LogP contribution in [0.4, 0.5) is 0 Å². The molecule has 2 N–H and O–H groups in total. The number of ether oxygens (including phenoxy) is 2. The molecule has 2 heterocycles. The molecule has 1 fully saturated rings. The fourth-order valence-electron chi connectivity index (χ4n) is 3.62. The van der Waals surface area contributed by atoms with Crippen molar-refractivity contribution in [2.75, 3.05) is 13.2 Å². The maximum atomic E-state index is 13.6. The normalized spacial score (nSPS) is 22.3. The Morgan fingerprint density at radius 2 is 2.03 bits per heavy atom. The fourth-order valence-corrected chi connectivity index (χ4v) is 5.14. The number of benzene rings is 1. The lowest BCUT2D eigenvalue weighted by Gasteiger charge is -2.24. The van der Waals surface area contributed by atoms with Gasteiger partial charge < -0.3 is 14.0 Å². The molecule has 0 amide bonds. The zero-order valence-corrected chi connectivity index (χ0v) is 20.9. The van der Waals surface area contributed by atoms with E-state index in [0.717, 1.165) is 12.8 Å². The Balaban J connectivity index is 1.68. The molecule has 0 spiro atoms. The lowest BCUT2D eigenvalue weighted by molar-refractivity contribution is -0.145. The number of nitrogens with zero attached hydrogens (tertiary/aromatic N) is 1. The lowest BCUT2D eigenvalue weighted by atomic mass is 10.1. The molecule has 2 aromatic rings. The maximum absolute atomic E-state index is 13.6. The van der Waals surface area contributed by atoms with Crippen LogP contribution in [0.1, 0.15) is 46.3 Å². The Morgan fingerprint density at radius 3 is 2.71 bits per heavy atom. The topological polar surface area (TPSA) is 138 Å². The number of para-hydroxylation sites is 1. The zero-order chi connectivity index (χ0) is 25.4. The van der Waals surface area contributed by atoms with Crippen LogP contribution in [0.15, 0.2) is 52.2 Å². The number of carbonyl (C=O) groups is 1. The Labute approximate surface area is 203 Å². The van der Waals surface area contributed by atoms with Crippen molar-refractivity contribution in [3.8, 4) is 5.75 Å². The van der Waals surface area contributed by atoms with Crippen LogP contribution in [-0.2, 0) is 23.4 Å². The number of hydrogen-bond acceptors (Lipinski definition) is 8. The molecule has 0 bridgehead atoms. The minimum atomic E-state index is -4.02. The minimum Gasteiger partial charge on any atom is -0.465 e. The summed E-state index contributed by atoms with van der Waals surface area (Å²) in [5, 5.41) is 2.65. The van der Waals surface area contributed by atoms with Gasteiger partial charge in [0, 0.05) is 18.2 Å². The van der Waals surface area contributed by atoms with Gasteiger partial charge in [-0.2, -0.15) is 5.09 Å². The highest BCUT2D eigenvalue weighted by molar-refractivity contribution is 7.52. The van der Waals surface area contributed by atoms with Crippen molar-refractivity contribution in [2.45, 2.75) is 58.4 Å². The van der Waals surface area contributed by atoms with E-state index in [1.807, 2.05) is 13.8 Å². The summed E-state index contributed by atoms with van der Waals surface area (Å²) in [6.07, 6.45) is 2.36. The number of aromatic amines is 1. The van der Waals surface area contributed by atoms with Crippen molar-refractivity contribution < 1.29 is 27.9 Å². The molecule has 11 nitrogen and oxygen atoms in total. The van der Waals surface area contributed by atoms with Gasteiger partial charge in [-0.25, -0.2) is 9.36 Å². The molecule has 1 saturated heterocycles. The van der Waals surface area contributed by atoms with Crippen LogP contribution < -0.4 is 20.9 Å². The van der Waals surface area contributed by atoms with E-state index in [2.05, 4.69) is 10.1 Å². The van der Waals surface area contributed by atoms with Crippen molar-refractivity contribution in [2.24, 2.45) is 5.92 Å². The molecule has 0 radical (unpaired) electrons. The van der Waals surface area contributed by atoms with Crippen LogP contribution in [0.25, 0.3) is 0 Å². The summed E-state index contributed by atoms with van der Waals surface area (Å²) in [5.41, 5.74) is -1.07. The van der Waals surface area contributed by atoms with Crippen LogP contribution in [0.3, 0.4) is 0 Å². The molecular weight excluding hydrogens is 477 g/mol. The van der Waals surface area contributed by atoms with Crippen LogP contribution >= 0.6 is 7.75 Å². The highest BCUT2D eigenvalue weighted by Gasteiger charge is 2.38. The van der Waals surface area contributed by atoms with Gasteiger partial charge in [0.15, 0.2) is 0 Å². The average Bonchev–Trinajstić information content (AvgIpc) is 3.18. The summed E-state index contributed by atoms with van der Waals surface area (Å²) < 4.78 is 37.4. The van der Waals surface area contributed by atoms with E-state index in [9.17, 15) is 18.9 Å². The molecule has 5 atom stereocenters. The first-order valence-electron chi connectivity index (χ1n) is 11.6. The predicted octanol–water partition coefficient (Wildman–Crippen LogP) is 2.99. The quantitative estimate of drug-likeness (QED) is 0.251. The molecule has 3 rings (SSSR count). The standard InChI is InChI=1S/C23H32N3O8P/c1-4-5-13-31-22(28)17(3)25-35(30,34-18-9-7-6-8-10-18)32-15-19-14-16(2)21(33-19)26-12-11-20(27)24-23(26)29/h6-12,16-17,19,21H,4-5,13-15H2,1-3H3,(H,25,30)(H,24,27,29)/t16-,17-,19-,21+,35?/m0/s1. The SMILES string of the molecule is CCCCOC(=O)[C@H](C)NP(=O)(OC[C@@H]1C[C@H](C)[C@H](n2ccc(=O)[nH]c2=O)O1)Oc1ccccc1. The van der Waals surface area contributed by atoms with E-state index in [1.54, 1.807) is 30.3 Å². The summed E-state index contributed by atoms with van der Waals surface area (Å²) in [4.78, 5) is 38.0. The Kier molecular flexibility index (Phi) is 9.45. The summed E-state index contributed by atoms with van der Waals surface area (Å²) in [6.45, 7) is 5.55. The van der Waals surface area contributed by atoms with Crippen molar-refractivity contribution in [1.29, 1.82) is 0 Å². The second-order valence-corrected chi connectivity index (χ2v) is 10.1. The number of unbranched alkanes of at least 4 members (excludes halogenated alkanes) is 1. The molecule has 1 aliphatic heterocycles. The summed E-state index contributed by atoms with van der Waals surface area (Å²) >= 11 is 0. The van der Waals surface area contributed by atoms with Crippen molar-refractivity contribution in [3.63, 3.8) is 0 Å². The second kappa shape index (κ2) is 12.3. The molecule has 1 aromatic carbocycles. The molecule has 1 aliphatic rings. The van der Waals surface area contributed by atoms with Crippen LogP contribution in [0.2, 0.25) is 0 Å². The van der Waals surface area contributed by atoms with Crippen molar-refractivity contribution in [1.82, 2.24) is 14.6 Å². The van der Waals surface area contributed by atoms with Crippen molar-refractivity contribution >= 4 is 13.7 Å². The Morgan fingerprint density at radius 1 is 1.29 bits per heavy atom. The molecule has 1 unspecified atom stereocenters. The predicted molar refractivity (Wildman–Crippen MR) is 128 cm³/mol. The number of H-pyrrole nitrogens is 1. The van der Waals surface area contributed by atoms with Gasteiger partial charge in [0.25, 0.3) is 5.56 Å². The largest absolute Gasteiger partial charge is 0.465 e. The monoisotopic (exact) mass is 509 g/mol. The Bertz CT molecular complexity index is 1140. The summed E-state index contributed by atoms with van der Waals surface area (Å²) in [7, 11) is -4.02. The van der Waals surface area contributed by atoms with E-state index < -0.39 is 43.3 Å². The van der Waals surface area contributed by atoms with Gasteiger partial charge in [-0.1, -0.05) is 38.5 Å². The van der Waals surface area contributed by atoms with E-state index in [4.69, 9.17) is 18.5 Å². The van der Waals surface area contributed by atoms with Gasteiger partial charge in [-0.05, 0) is 31.9 Å². The molecular formula is C23H32N3O8P. The third kappa shape index (κ3) is 7.63. The Hall–Kier alpha value is -2.72. The van der Waals surface area contributed by atoms with E-state index in [0.29, 0.717) is 12.2 Å². The minimum absolute atomic E-state index is 0.0814. The molecule has 192 valence electrons. The number of rotatable bonds is 12. The molecule has 12 heteroatoms. The highest BCUT2D eigenvalue weighted by atomic mass is 31.2. The van der Waals surface area contributed by atoms with E-state index >= 15 is 0 Å². The average molecular weight is 509 g/mol. The van der Waals surface area contributed by atoms with Crippen LogP contribution in [0, 0.1) is 5.92 Å². The third-order valence-electron chi connectivity index (χ3n) is 5.43. The van der Waals surface area contributed by atoms with Gasteiger partial charge in [0.05, 0.1) is 19.3 Å². The van der Waals surface area contributed by atoms with Gasteiger partial charge in [-0.15, -0.1) is 0 Å². The fraction of sp³-hybridized carbons (Fsp3) is 0.522. The number of hydrogen-bond donors (Lipinski definition) is 2. The maximum Gasteiger partial charge on any atom is 0.459 e. The molecule has 0 aliphatic carbocycles. The van der Waals surface area contributed by atoms with E-state index in [-0.39, 0.29) is 19.1 Å². The van der Waals surface area contributed by atoms with Crippen LogP contribution in [-0.4, -0.2) is 40.9 Å². The molecule has 1 aromatic heterocycles. The first kappa shape index (κ1) is 26.9. The third-order valence-corrected chi connectivity index (χ3v) is 7.07. The zero-order valence-electron chi connectivity index (χ0n) is 20.0. The van der Waals surface area contributed by atoms with Gasteiger partial charge in [0.2, 0.25) is 0 Å². The summed E-state index contributed by atoms with van der Waals surface area (Å²) in [6, 6.07) is 8.76. The smallest absolute Gasteiger partial charge is 0.459 e. The van der Waals surface area contributed by atoms with Crippen molar-refractivity contribution in [3.05, 3.63) is 63.4 Å².